The number of phenolic OH excluding ortho intramolecular Hbond substituents is 1. The molecule has 24 heteroatoms. The Bertz CT molecular complexity index is 2650. The Morgan fingerprint density at radius 1 is 0.500 bits per heavy atom. The zero-order valence-corrected chi connectivity index (χ0v) is 58.0. The van der Waals surface area contributed by atoms with Gasteiger partial charge in [-0.1, -0.05) is 114 Å². The first-order valence-corrected chi connectivity index (χ1v) is 31.9. The maximum atomic E-state index is 15.2. The normalized spacial score (nSPS) is 26.0. The number of nitrogens with zero attached hydrogens (tertiary/aromatic N) is 7. The molecule has 0 radical (unpaired) electrons. The molecule has 90 heavy (non-hydrogen) atoms. The smallest absolute Gasteiger partial charge is 0.246 e. The van der Waals surface area contributed by atoms with Crippen molar-refractivity contribution >= 4 is 65.0 Å². The van der Waals surface area contributed by atoms with Gasteiger partial charge in [-0.25, -0.2) is 0 Å². The lowest BCUT2D eigenvalue weighted by molar-refractivity contribution is -0.157. The van der Waals surface area contributed by atoms with E-state index >= 15 is 14.4 Å². The van der Waals surface area contributed by atoms with Crippen LogP contribution in [-0.2, 0) is 59.2 Å². The SMILES string of the molecule is C/C=C/C[C@@H](C)[C@@H](O)[C@H]1C(=O)N[C@@H](CC)C(=O)N(C)CC(=O)N(C)[C@@H](Cc2ccc(O)cc2)C(=O)N[C@@H](C(C)C)C(=O)N(C)[C@@H](CC(C)C)C(=O)N[C@@H](CC)C(=O)N[C@H](C)C(=O)N(C)[C@@H](CC(C)C)C(=O)N(C)[C@@H](CC(C)C)C(=O)N(C)[C@@H](C(C)C)C(=O)N1C. The van der Waals surface area contributed by atoms with Crippen LogP contribution in [-0.4, -0.2) is 232 Å². The molecule has 2 rings (SSSR count). The van der Waals surface area contributed by atoms with Gasteiger partial charge in [0.1, 0.15) is 66.2 Å². The molecular weight excluding hydrogens is 1150 g/mol. The van der Waals surface area contributed by atoms with E-state index < -0.39 is 156 Å². The van der Waals surface area contributed by atoms with Gasteiger partial charge in [-0.3, -0.25) is 52.7 Å². The second-order valence-electron chi connectivity index (χ2n) is 26.6. The molecule has 508 valence electrons. The molecule has 1 saturated heterocycles. The van der Waals surface area contributed by atoms with Crippen molar-refractivity contribution in [2.24, 2.45) is 35.5 Å². The Kier molecular flexibility index (Phi) is 31.7. The molecule has 1 aromatic rings. The Hall–Kier alpha value is -7.11. The number of benzene rings is 1. The molecule has 0 bridgehead atoms. The third-order valence-electron chi connectivity index (χ3n) is 17.0. The van der Waals surface area contributed by atoms with Crippen molar-refractivity contribution in [2.45, 2.75) is 215 Å². The number of hydrogen-bond acceptors (Lipinski definition) is 13. The van der Waals surface area contributed by atoms with Crippen LogP contribution in [0.5, 0.6) is 5.75 Å². The molecule has 0 spiro atoms. The minimum Gasteiger partial charge on any atom is -0.508 e. The highest BCUT2D eigenvalue weighted by atomic mass is 16.3. The van der Waals surface area contributed by atoms with Crippen molar-refractivity contribution in [1.82, 2.24) is 55.6 Å². The van der Waals surface area contributed by atoms with E-state index in [1.165, 1.54) is 88.0 Å². The predicted molar refractivity (Wildman–Crippen MR) is 345 cm³/mol. The number of aromatic hydroxyl groups is 1. The quantitative estimate of drug-likeness (QED) is 0.129. The molecule has 0 unspecified atom stereocenters. The largest absolute Gasteiger partial charge is 0.508 e. The van der Waals surface area contributed by atoms with Crippen molar-refractivity contribution in [1.29, 1.82) is 0 Å². The summed E-state index contributed by atoms with van der Waals surface area (Å²) < 4.78 is 0. The molecular formula is C66H111N11O13. The number of rotatable bonds is 16. The number of aliphatic hydroxyl groups is 1. The van der Waals surface area contributed by atoms with Crippen molar-refractivity contribution in [3.05, 3.63) is 42.0 Å². The molecule has 6 N–H and O–H groups in total. The number of carbonyl (C=O) groups excluding carboxylic acids is 11. The molecule has 1 heterocycles. The van der Waals surface area contributed by atoms with Crippen LogP contribution in [0.3, 0.4) is 0 Å². The number of allylic oxidation sites excluding steroid dienone is 2. The summed E-state index contributed by atoms with van der Waals surface area (Å²) >= 11 is 0. The number of hydrogen-bond donors (Lipinski definition) is 6. The monoisotopic (exact) mass is 1270 g/mol. The fourth-order valence-electron chi connectivity index (χ4n) is 11.3. The predicted octanol–water partition coefficient (Wildman–Crippen LogP) is 3.56. The summed E-state index contributed by atoms with van der Waals surface area (Å²) in [5.41, 5.74) is 0.523. The summed E-state index contributed by atoms with van der Waals surface area (Å²) in [5, 5.41) is 33.4. The lowest BCUT2D eigenvalue weighted by atomic mass is 9.91. The summed E-state index contributed by atoms with van der Waals surface area (Å²) in [7, 11) is 9.80. The molecule has 24 nitrogen and oxygen atoms in total. The zero-order valence-electron chi connectivity index (χ0n) is 58.0. The van der Waals surface area contributed by atoms with Crippen LogP contribution in [0.15, 0.2) is 36.4 Å². The minimum absolute atomic E-state index is 0.0112. The summed E-state index contributed by atoms with van der Waals surface area (Å²) in [5.74, 6) is -10.1. The molecule has 11 amide bonds. The molecule has 1 aliphatic rings. The van der Waals surface area contributed by atoms with E-state index in [0.717, 1.165) is 14.7 Å². The maximum absolute atomic E-state index is 15.2. The fraction of sp³-hybridized carbons (Fsp3) is 0.712. The lowest BCUT2D eigenvalue weighted by Gasteiger charge is -2.41. The van der Waals surface area contributed by atoms with Gasteiger partial charge < -0.3 is 65.8 Å². The van der Waals surface area contributed by atoms with Gasteiger partial charge in [0.2, 0.25) is 65.0 Å². The Labute approximate surface area is 536 Å². The Morgan fingerprint density at radius 2 is 0.956 bits per heavy atom. The van der Waals surface area contributed by atoms with Crippen molar-refractivity contribution in [2.75, 3.05) is 55.9 Å². The minimum atomic E-state index is -1.64. The maximum Gasteiger partial charge on any atom is 0.246 e. The van der Waals surface area contributed by atoms with Crippen LogP contribution in [0.1, 0.15) is 148 Å². The molecule has 0 aliphatic carbocycles. The molecule has 12 atom stereocenters. The highest BCUT2D eigenvalue weighted by molar-refractivity contribution is 5.99. The van der Waals surface area contributed by atoms with E-state index in [1.54, 1.807) is 79.7 Å². The van der Waals surface area contributed by atoms with Crippen LogP contribution in [0.2, 0.25) is 0 Å². The standard InChI is InChI=1S/C66H111N11O13/c1-23-26-27-42(14)56(80)55-60(84)69-47(25-3)62(86)71(16)36-52(79)72(17)49(35-44-28-30-45(78)31-29-44)59(83)70-53(40(10)11)65(89)73(18)48(32-37(4)5)58(82)68-46(24-2)57(81)67-43(15)61(85)74(19)50(33-38(6)7)63(87)75(20)51(34-39(8)9)64(88)76(21)54(41(12)13)66(90)77(55)22/h23,26,28-31,37-43,46-51,53-56,78,80H,24-25,27,32-36H2,1-22H3,(H,67,81)(H,68,82)(H,69,84)(H,70,83)/b26-23+/t42-,43-,46+,47+,48+,49+,50+,51+,53+,54+,55+,56-/m1/s1. The van der Waals surface area contributed by atoms with Gasteiger partial charge >= 0.3 is 0 Å². The van der Waals surface area contributed by atoms with Crippen LogP contribution in [0, 0.1) is 35.5 Å². The Balaban J connectivity index is 3.03. The third kappa shape index (κ3) is 21.5. The third-order valence-corrected chi connectivity index (χ3v) is 17.0. The first kappa shape index (κ1) is 79.0. The zero-order chi connectivity index (χ0) is 69.1. The molecule has 1 aliphatic heterocycles. The average Bonchev–Trinajstić information content (AvgIpc) is 0.907. The topological polar surface area (TPSA) is 299 Å². The van der Waals surface area contributed by atoms with E-state index in [4.69, 9.17) is 0 Å². The first-order chi connectivity index (χ1) is 41.8. The molecule has 1 fully saturated rings. The Morgan fingerprint density at radius 3 is 1.43 bits per heavy atom. The molecule has 0 saturated carbocycles. The first-order valence-electron chi connectivity index (χ1n) is 31.9. The van der Waals surface area contributed by atoms with Crippen LogP contribution in [0.4, 0.5) is 0 Å². The average molecular weight is 1270 g/mol. The van der Waals surface area contributed by atoms with E-state index in [1.807, 2.05) is 41.5 Å². The van der Waals surface area contributed by atoms with Crippen LogP contribution >= 0.6 is 0 Å². The van der Waals surface area contributed by atoms with Crippen LogP contribution < -0.4 is 21.3 Å². The van der Waals surface area contributed by atoms with Crippen molar-refractivity contribution < 1.29 is 63.0 Å². The lowest BCUT2D eigenvalue weighted by Crippen LogP contribution is -2.63. The second kappa shape index (κ2) is 36.1. The van der Waals surface area contributed by atoms with E-state index in [0.29, 0.717) is 12.0 Å². The fourth-order valence-corrected chi connectivity index (χ4v) is 11.3. The summed E-state index contributed by atoms with van der Waals surface area (Å²) in [6.45, 7) is 25.6. The van der Waals surface area contributed by atoms with Gasteiger partial charge in [0.15, 0.2) is 0 Å². The highest BCUT2D eigenvalue weighted by Crippen LogP contribution is 2.26. The number of phenols is 1. The second-order valence-corrected chi connectivity index (χ2v) is 26.6. The van der Waals surface area contributed by atoms with Gasteiger partial charge in [0.05, 0.1) is 12.6 Å². The number of aliphatic hydroxyl groups excluding tert-OH is 1. The van der Waals surface area contributed by atoms with Gasteiger partial charge in [0, 0.05) is 55.8 Å². The van der Waals surface area contributed by atoms with E-state index in [-0.39, 0.29) is 62.0 Å². The van der Waals surface area contributed by atoms with Gasteiger partial charge in [-0.15, -0.1) is 0 Å². The summed E-state index contributed by atoms with van der Waals surface area (Å²) in [4.78, 5) is 170. The van der Waals surface area contributed by atoms with Gasteiger partial charge in [0.25, 0.3) is 0 Å². The number of carbonyl (C=O) groups is 11. The summed E-state index contributed by atoms with van der Waals surface area (Å²) in [6.07, 6.45) is 2.68. The van der Waals surface area contributed by atoms with Gasteiger partial charge in [-0.2, -0.15) is 0 Å². The van der Waals surface area contributed by atoms with Crippen LogP contribution in [0.25, 0.3) is 0 Å². The molecule has 1 aromatic carbocycles. The highest BCUT2D eigenvalue weighted by Gasteiger charge is 2.46. The molecule has 0 aromatic heterocycles. The number of amides is 11. The van der Waals surface area contributed by atoms with Crippen molar-refractivity contribution in [3.63, 3.8) is 0 Å². The van der Waals surface area contributed by atoms with Crippen molar-refractivity contribution in [3.8, 4) is 5.75 Å². The van der Waals surface area contributed by atoms with E-state index in [2.05, 4.69) is 21.3 Å². The van der Waals surface area contributed by atoms with Gasteiger partial charge in [-0.05, 0) is 106 Å². The van der Waals surface area contributed by atoms with E-state index in [9.17, 15) is 48.6 Å². The summed E-state index contributed by atoms with van der Waals surface area (Å²) in [6, 6.07) is -6.81. The number of nitrogens with one attached hydrogen (secondary N) is 4. The number of likely N-dealkylation sites (N-methyl/N-ethyl adjacent to an activating group) is 7.